The van der Waals surface area contributed by atoms with Gasteiger partial charge in [0.25, 0.3) is 0 Å². The molecule has 0 radical (unpaired) electrons. The molecular weight excluding hydrogens is 232 g/mol. The molecule has 0 fully saturated rings. The lowest BCUT2D eigenvalue weighted by Crippen LogP contribution is -2.08. The Labute approximate surface area is 116 Å². The molecule has 104 valence electrons. The van der Waals surface area contributed by atoms with Crippen molar-refractivity contribution in [3.63, 3.8) is 0 Å². The number of fused-ring (bicyclic) bond motifs is 1. The summed E-state index contributed by atoms with van der Waals surface area (Å²) in [4.78, 5) is 0. The number of benzene rings is 1. The third-order valence-electron chi connectivity index (χ3n) is 4.28. The molecule has 2 heteroatoms. The van der Waals surface area contributed by atoms with Crippen LogP contribution in [0.25, 0.3) is 10.9 Å². The first-order valence-corrected chi connectivity index (χ1v) is 7.31. The predicted octanol–water partition coefficient (Wildman–Crippen LogP) is 4.02. The van der Waals surface area contributed by atoms with Crippen molar-refractivity contribution in [2.75, 3.05) is 7.05 Å². The van der Waals surface area contributed by atoms with Gasteiger partial charge >= 0.3 is 0 Å². The molecule has 0 saturated carbocycles. The minimum Gasteiger partial charge on any atom is -0.344 e. The van der Waals surface area contributed by atoms with Crippen molar-refractivity contribution in [2.45, 2.75) is 47.2 Å². The topological polar surface area (TPSA) is 17.0 Å². The Balaban J connectivity index is 2.50. The van der Waals surface area contributed by atoms with E-state index in [-0.39, 0.29) is 0 Å². The number of rotatable bonds is 5. The Hall–Kier alpha value is -1.28. The van der Waals surface area contributed by atoms with Crippen molar-refractivity contribution in [3.8, 4) is 0 Å². The van der Waals surface area contributed by atoms with Gasteiger partial charge in [0.15, 0.2) is 0 Å². The van der Waals surface area contributed by atoms with Gasteiger partial charge in [-0.1, -0.05) is 26.3 Å². The highest BCUT2D eigenvalue weighted by Gasteiger charge is 2.12. The summed E-state index contributed by atoms with van der Waals surface area (Å²) in [6.45, 7) is 11.1. The van der Waals surface area contributed by atoms with Crippen LogP contribution in [-0.2, 0) is 13.1 Å². The Morgan fingerprint density at radius 2 is 2.00 bits per heavy atom. The van der Waals surface area contributed by atoms with Crippen LogP contribution in [0, 0.1) is 19.8 Å². The van der Waals surface area contributed by atoms with Crippen LogP contribution in [0.15, 0.2) is 18.2 Å². The lowest BCUT2D eigenvalue weighted by atomic mass is 10.1. The quantitative estimate of drug-likeness (QED) is 0.857. The van der Waals surface area contributed by atoms with Crippen LogP contribution in [0.2, 0.25) is 0 Å². The first kappa shape index (κ1) is 14.1. The largest absolute Gasteiger partial charge is 0.344 e. The normalized spacial score (nSPS) is 13.1. The van der Waals surface area contributed by atoms with Crippen molar-refractivity contribution in [2.24, 2.45) is 5.92 Å². The third kappa shape index (κ3) is 2.69. The second-order valence-corrected chi connectivity index (χ2v) is 5.72. The standard InChI is InChI=1S/C17H26N2/c1-6-12(2)11-19-14(4)13(3)16-9-15(10-18-5)7-8-17(16)19/h7-9,12,18H,6,10-11H2,1-5H3. The Bertz CT molecular complexity index is 566. The van der Waals surface area contributed by atoms with Gasteiger partial charge in [0, 0.05) is 29.7 Å². The van der Waals surface area contributed by atoms with Gasteiger partial charge in [0.2, 0.25) is 0 Å². The molecule has 0 bridgehead atoms. The van der Waals surface area contributed by atoms with Crippen molar-refractivity contribution in [1.82, 2.24) is 9.88 Å². The van der Waals surface area contributed by atoms with Crippen molar-refractivity contribution in [3.05, 3.63) is 35.0 Å². The number of nitrogens with one attached hydrogen (secondary N) is 1. The van der Waals surface area contributed by atoms with Gasteiger partial charge in [-0.05, 0) is 50.1 Å². The number of nitrogens with zero attached hydrogens (tertiary/aromatic N) is 1. The van der Waals surface area contributed by atoms with Crippen molar-refractivity contribution < 1.29 is 0 Å². The van der Waals surface area contributed by atoms with E-state index >= 15 is 0 Å². The summed E-state index contributed by atoms with van der Waals surface area (Å²) in [5.41, 5.74) is 5.59. The van der Waals surface area contributed by atoms with E-state index in [0.29, 0.717) is 0 Å². The summed E-state index contributed by atoms with van der Waals surface area (Å²) < 4.78 is 2.49. The summed E-state index contributed by atoms with van der Waals surface area (Å²) in [6.07, 6.45) is 1.23. The van der Waals surface area contributed by atoms with E-state index in [1.807, 2.05) is 7.05 Å². The average molecular weight is 258 g/mol. The van der Waals surface area contributed by atoms with E-state index in [0.717, 1.165) is 19.0 Å². The second kappa shape index (κ2) is 5.79. The molecule has 2 aromatic rings. The average Bonchev–Trinajstić information content (AvgIpc) is 2.64. The monoisotopic (exact) mass is 258 g/mol. The fourth-order valence-electron chi connectivity index (χ4n) is 2.69. The summed E-state index contributed by atoms with van der Waals surface area (Å²) in [7, 11) is 2.00. The van der Waals surface area contributed by atoms with Crippen LogP contribution in [0.4, 0.5) is 0 Å². The van der Waals surface area contributed by atoms with Gasteiger partial charge in [-0.25, -0.2) is 0 Å². The molecule has 0 spiro atoms. The zero-order valence-corrected chi connectivity index (χ0v) is 12.9. The maximum Gasteiger partial charge on any atom is 0.0485 e. The van der Waals surface area contributed by atoms with Crippen LogP contribution < -0.4 is 5.32 Å². The minimum atomic E-state index is 0.727. The zero-order valence-electron chi connectivity index (χ0n) is 12.9. The molecule has 1 N–H and O–H groups in total. The zero-order chi connectivity index (χ0) is 14.0. The molecule has 0 amide bonds. The number of hydrogen-bond acceptors (Lipinski definition) is 1. The summed E-state index contributed by atoms with van der Waals surface area (Å²) >= 11 is 0. The highest BCUT2D eigenvalue weighted by molar-refractivity contribution is 5.86. The van der Waals surface area contributed by atoms with Crippen molar-refractivity contribution >= 4 is 10.9 Å². The Morgan fingerprint density at radius 1 is 1.26 bits per heavy atom. The number of aryl methyl sites for hydroxylation is 1. The highest BCUT2D eigenvalue weighted by Crippen LogP contribution is 2.27. The second-order valence-electron chi connectivity index (χ2n) is 5.72. The number of aromatic nitrogens is 1. The molecule has 1 aromatic heterocycles. The maximum absolute atomic E-state index is 3.22. The van der Waals surface area contributed by atoms with Gasteiger partial charge in [0.05, 0.1) is 0 Å². The predicted molar refractivity (Wildman–Crippen MR) is 83.6 cm³/mol. The van der Waals surface area contributed by atoms with Gasteiger partial charge in [0.1, 0.15) is 0 Å². The Morgan fingerprint density at radius 3 is 2.63 bits per heavy atom. The van der Waals surface area contributed by atoms with E-state index in [9.17, 15) is 0 Å². The minimum absolute atomic E-state index is 0.727. The molecule has 1 atom stereocenters. The van der Waals surface area contributed by atoms with Gasteiger partial charge in [-0.2, -0.15) is 0 Å². The summed E-state index contributed by atoms with van der Waals surface area (Å²) in [5, 5.41) is 4.63. The molecule has 0 saturated heterocycles. The molecule has 1 heterocycles. The molecule has 2 nitrogen and oxygen atoms in total. The molecule has 1 aromatic carbocycles. The molecular formula is C17H26N2. The smallest absolute Gasteiger partial charge is 0.0485 e. The molecule has 1 unspecified atom stereocenters. The number of hydrogen-bond donors (Lipinski definition) is 1. The lowest BCUT2D eigenvalue weighted by Gasteiger charge is -2.13. The van der Waals surface area contributed by atoms with E-state index in [1.54, 1.807) is 0 Å². The molecule has 0 aliphatic rings. The van der Waals surface area contributed by atoms with Gasteiger partial charge in [-0.15, -0.1) is 0 Å². The van der Waals surface area contributed by atoms with Crippen LogP contribution in [0.3, 0.4) is 0 Å². The van der Waals surface area contributed by atoms with Crippen LogP contribution in [0.5, 0.6) is 0 Å². The molecule has 0 aliphatic carbocycles. The van der Waals surface area contributed by atoms with Crippen LogP contribution >= 0.6 is 0 Å². The van der Waals surface area contributed by atoms with E-state index < -0.39 is 0 Å². The third-order valence-corrected chi connectivity index (χ3v) is 4.28. The molecule has 2 rings (SSSR count). The van der Waals surface area contributed by atoms with Crippen molar-refractivity contribution in [1.29, 1.82) is 0 Å². The van der Waals surface area contributed by atoms with Gasteiger partial charge < -0.3 is 9.88 Å². The van der Waals surface area contributed by atoms with Gasteiger partial charge in [-0.3, -0.25) is 0 Å². The molecule has 0 aliphatic heterocycles. The molecule has 19 heavy (non-hydrogen) atoms. The summed E-state index contributed by atoms with van der Waals surface area (Å²) in [5.74, 6) is 0.727. The first-order chi connectivity index (χ1) is 9.08. The van der Waals surface area contributed by atoms with Crippen LogP contribution in [0.1, 0.15) is 37.1 Å². The van der Waals surface area contributed by atoms with Crippen LogP contribution in [-0.4, -0.2) is 11.6 Å². The highest BCUT2D eigenvalue weighted by atomic mass is 15.0. The SMILES string of the molecule is CCC(C)Cn1c(C)c(C)c2cc(CNC)ccc21. The summed E-state index contributed by atoms with van der Waals surface area (Å²) in [6, 6.07) is 6.86. The Kier molecular flexibility index (Phi) is 4.31. The van der Waals surface area contributed by atoms with E-state index in [1.165, 1.54) is 34.1 Å². The lowest BCUT2D eigenvalue weighted by molar-refractivity contribution is 0.472. The maximum atomic E-state index is 3.22. The van der Waals surface area contributed by atoms with E-state index in [4.69, 9.17) is 0 Å². The fraction of sp³-hybridized carbons (Fsp3) is 0.529. The van der Waals surface area contributed by atoms with E-state index in [2.05, 4.69) is 55.8 Å². The fourth-order valence-corrected chi connectivity index (χ4v) is 2.69. The first-order valence-electron chi connectivity index (χ1n) is 7.31.